The number of aromatic amines is 1. The molecule has 16 heteroatoms. The molecule has 0 bridgehead atoms. The number of H-pyrrole nitrogens is 1. The number of aromatic nitrogens is 5. The number of carbonyl (C=O) groups excluding carboxylic acids is 1. The molecule has 0 aromatic carbocycles. The predicted molar refractivity (Wildman–Crippen MR) is 110 cm³/mol. The highest BCUT2D eigenvalue weighted by atomic mass is 79.9. The van der Waals surface area contributed by atoms with Crippen LogP contribution in [0.15, 0.2) is 15.3 Å². The fourth-order valence-corrected chi connectivity index (χ4v) is 3.57. The van der Waals surface area contributed by atoms with Gasteiger partial charge in [0, 0.05) is 0 Å². The second kappa shape index (κ2) is 9.29. The molecule has 0 aliphatic rings. The molecule has 1 atom stereocenters. The maximum absolute atomic E-state index is 14.8. The van der Waals surface area contributed by atoms with E-state index in [9.17, 15) is 27.2 Å². The number of hydrogen-bond donors (Lipinski definition) is 3. The number of pyridine rings is 1. The summed E-state index contributed by atoms with van der Waals surface area (Å²) in [6.45, 7) is 0.911. The highest BCUT2D eigenvalue weighted by Crippen LogP contribution is 2.32. The van der Waals surface area contributed by atoms with Crippen molar-refractivity contribution in [2.45, 2.75) is 25.8 Å². The number of rotatable bonds is 6. The van der Waals surface area contributed by atoms with Crippen LogP contribution in [-0.4, -0.2) is 47.4 Å². The lowest BCUT2D eigenvalue weighted by Gasteiger charge is -2.18. The molecule has 0 aliphatic heterocycles. The van der Waals surface area contributed by atoms with Gasteiger partial charge in [0.15, 0.2) is 17.5 Å². The van der Waals surface area contributed by atoms with Crippen LogP contribution in [0.4, 0.5) is 22.6 Å². The smallest absolute Gasteiger partial charge is 0.437 e. The molecule has 3 N–H and O–H groups in total. The van der Waals surface area contributed by atoms with Gasteiger partial charge in [0.05, 0.1) is 10.2 Å². The molecule has 10 nitrogen and oxygen atoms in total. The number of aliphatic hydroxyl groups excluding tert-OH is 1. The molecule has 0 spiro atoms. The monoisotopic (exact) mass is 550 g/mol. The summed E-state index contributed by atoms with van der Waals surface area (Å²) in [6.07, 6.45) is -3.00. The summed E-state index contributed by atoms with van der Waals surface area (Å²) in [5.41, 5.74) is -1.28. The SMILES string of the molecule is C#C[C@H](Oc1nc(-n2nc(CO)[nH]c2=O)c(F)cc1C(=O)Nc1snc(C)c1Br)C(F)(F)F. The maximum Gasteiger partial charge on any atom is 0.437 e. The lowest BCUT2D eigenvalue weighted by atomic mass is 10.2. The van der Waals surface area contributed by atoms with Crippen LogP contribution in [0.25, 0.3) is 5.82 Å². The van der Waals surface area contributed by atoms with Gasteiger partial charge in [0.25, 0.3) is 12.0 Å². The van der Waals surface area contributed by atoms with Crippen molar-refractivity contribution in [2.75, 3.05) is 5.32 Å². The number of aliphatic hydroxyl groups is 1. The van der Waals surface area contributed by atoms with Gasteiger partial charge in [0.2, 0.25) is 5.88 Å². The Balaban J connectivity index is 2.13. The minimum absolute atomic E-state index is 0.188. The van der Waals surface area contributed by atoms with E-state index in [4.69, 9.17) is 16.3 Å². The zero-order chi connectivity index (χ0) is 24.5. The zero-order valence-corrected chi connectivity index (χ0v) is 18.6. The van der Waals surface area contributed by atoms with Gasteiger partial charge in [-0.3, -0.25) is 9.78 Å². The van der Waals surface area contributed by atoms with E-state index in [0.29, 0.717) is 20.9 Å². The van der Waals surface area contributed by atoms with Crippen molar-refractivity contribution in [3.8, 4) is 24.0 Å². The van der Waals surface area contributed by atoms with Crippen LogP contribution in [0.5, 0.6) is 5.88 Å². The fraction of sp³-hybridized carbons (Fsp3) is 0.235. The van der Waals surface area contributed by atoms with Gasteiger partial charge in [-0.15, -0.1) is 11.5 Å². The Morgan fingerprint density at radius 2 is 2.21 bits per heavy atom. The summed E-state index contributed by atoms with van der Waals surface area (Å²) in [6, 6.07) is 0.512. The summed E-state index contributed by atoms with van der Waals surface area (Å²) in [5.74, 6) is -3.19. The highest BCUT2D eigenvalue weighted by molar-refractivity contribution is 9.10. The molecule has 3 aromatic heterocycles. The van der Waals surface area contributed by atoms with Gasteiger partial charge >= 0.3 is 11.9 Å². The largest absolute Gasteiger partial charge is 0.451 e. The molecule has 33 heavy (non-hydrogen) atoms. The Kier molecular flexibility index (Phi) is 6.86. The standard InChI is InChI=1S/C17H11BrF4N6O4S/c1-3-9(17(20,21)22)32-14-7(13(30)25-15-11(18)6(2)27-33-15)4-8(19)12(24-14)28-16(31)23-10(5-29)26-28/h1,4,9,29H,5H2,2H3,(H,25,30)(H,23,26,31)/t9-/m0/s1. The second-order valence-electron chi connectivity index (χ2n) is 6.16. The van der Waals surface area contributed by atoms with Crippen molar-refractivity contribution < 1.29 is 32.2 Å². The Morgan fingerprint density at radius 1 is 1.52 bits per heavy atom. The maximum atomic E-state index is 14.8. The summed E-state index contributed by atoms with van der Waals surface area (Å²) in [4.78, 5) is 30.4. The molecule has 0 aliphatic carbocycles. The fourth-order valence-electron chi connectivity index (χ4n) is 2.36. The first-order valence-electron chi connectivity index (χ1n) is 8.58. The summed E-state index contributed by atoms with van der Waals surface area (Å²) in [5, 5.41) is 15.2. The Bertz CT molecular complexity index is 1310. The number of aryl methyl sites for hydroxylation is 1. The average Bonchev–Trinajstić information content (AvgIpc) is 3.28. The number of nitrogens with one attached hydrogen (secondary N) is 2. The van der Waals surface area contributed by atoms with Crippen LogP contribution in [0, 0.1) is 25.1 Å². The molecule has 3 heterocycles. The number of hydrogen-bond acceptors (Lipinski definition) is 8. The van der Waals surface area contributed by atoms with Crippen LogP contribution in [0.2, 0.25) is 0 Å². The summed E-state index contributed by atoms with van der Waals surface area (Å²) < 4.78 is 63.8. The van der Waals surface area contributed by atoms with E-state index in [1.54, 1.807) is 6.92 Å². The molecule has 0 radical (unpaired) electrons. The molecule has 0 saturated heterocycles. The normalized spacial score (nSPS) is 12.3. The van der Waals surface area contributed by atoms with E-state index < -0.39 is 53.6 Å². The van der Waals surface area contributed by atoms with E-state index in [0.717, 1.165) is 11.5 Å². The Hall–Kier alpha value is -3.29. The molecular formula is C17H11BrF4N6O4S. The quantitative estimate of drug-likeness (QED) is 0.316. The second-order valence-corrected chi connectivity index (χ2v) is 7.73. The molecular weight excluding hydrogens is 540 g/mol. The third kappa shape index (κ3) is 5.05. The van der Waals surface area contributed by atoms with Crippen LogP contribution in [-0.2, 0) is 6.61 Å². The van der Waals surface area contributed by atoms with E-state index in [1.165, 1.54) is 5.92 Å². The van der Waals surface area contributed by atoms with Crippen LogP contribution < -0.4 is 15.7 Å². The van der Waals surface area contributed by atoms with Gasteiger partial charge in [-0.25, -0.2) is 9.18 Å². The van der Waals surface area contributed by atoms with E-state index >= 15 is 0 Å². The molecule has 1 amide bonds. The molecule has 0 fully saturated rings. The predicted octanol–water partition coefficient (Wildman–Crippen LogP) is 2.31. The van der Waals surface area contributed by atoms with Crippen LogP contribution in [0.3, 0.4) is 0 Å². The van der Waals surface area contributed by atoms with Gasteiger partial charge in [0.1, 0.15) is 17.2 Å². The number of carbonyl (C=O) groups is 1. The molecule has 0 saturated carbocycles. The van der Waals surface area contributed by atoms with Crippen molar-refractivity contribution in [1.82, 2.24) is 24.1 Å². The number of ether oxygens (including phenoxy) is 1. The minimum atomic E-state index is -5.05. The molecule has 3 rings (SSSR count). The van der Waals surface area contributed by atoms with Gasteiger partial charge in [-0.2, -0.15) is 27.2 Å². The molecule has 3 aromatic rings. The number of nitrogens with zero attached hydrogens (tertiary/aromatic N) is 4. The first-order valence-corrected chi connectivity index (χ1v) is 10.2. The van der Waals surface area contributed by atoms with E-state index in [2.05, 4.69) is 40.7 Å². The van der Waals surface area contributed by atoms with Crippen LogP contribution in [0.1, 0.15) is 21.9 Å². The van der Waals surface area contributed by atoms with Gasteiger partial charge < -0.3 is 15.2 Å². The third-order valence-corrected chi connectivity index (χ3v) is 5.96. The minimum Gasteiger partial charge on any atom is -0.451 e. The number of amides is 1. The van der Waals surface area contributed by atoms with Gasteiger partial charge in [-0.05, 0) is 40.5 Å². The van der Waals surface area contributed by atoms with Gasteiger partial charge in [-0.1, -0.05) is 5.92 Å². The zero-order valence-electron chi connectivity index (χ0n) is 16.2. The Labute approximate surface area is 193 Å². The highest BCUT2D eigenvalue weighted by Gasteiger charge is 2.42. The Morgan fingerprint density at radius 3 is 2.73 bits per heavy atom. The average molecular weight is 551 g/mol. The number of terminal acetylenes is 1. The van der Waals surface area contributed by atoms with Crippen molar-refractivity contribution >= 4 is 38.4 Å². The topological polar surface area (TPSA) is 135 Å². The van der Waals surface area contributed by atoms with Crippen molar-refractivity contribution in [2.24, 2.45) is 0 Å². The number of alkyl halides is 3. The van der Waals surface area contributed by atoms with E-state index in [1.807, 2.05) is 0 Å². The van der Waals surface area contributed by atoms with Crippen molar-refractivity contribution in [3.63, 3.8) is 0 Å². The van der Waals surface area contributed by atoms with Crippen molar-refractivity contribution in [1.29, 1.82) is 0 Å². The first kappa shape index (κ1) is 24.4. The van der Waals surface area contributed by atoms with Crippen molar-refractivity contribution in [3.05, 3.63) is 43.9 Å². The molecule has 0 unspecified atom stereocenters. The number of anilines is 1. The lowest BCUT2D eigenvalue weighted by Crippen LogP contribution is -2.34. The van der Waals surface area contributed by atoms with Crippen LogP contribution >= 0.6 is 27.5 Å². The number of halogens is 5. The summed E-state index contributed by atoms with van der Waals surface area (Å²) >= 11 is 4.05. The molecule has 174 valence electrons. The first-order chi connectivity index (χ1) is 15.5. The third-order valence-electron chi connectivity index (χ3n) is 3.88. The van der Waals surface area contributed by atoms with E-state index in [-0.39, 0.29) is 10.8 Å². The summed E-state index contributed by atoms with van der Waals surface area (Å²) in [7, 11) is 0. The lowest BCUT2D eigenvalue weighted by molar-refractivity contribution is -0.177.